The minimum absolute atomic E-state index is 0.0737. The molecule has 4 heteroatoms. The summed E-state index contributed by atoms with van der Waals surface area (Å²) in [6, 6.07) is 0. The number of carbonyl (C=O) groups excluding carboxylic acids is 1. The summed E-state index contributed by atoms with van der Waals surface area (Å²) in [5.74, 6) is -0.753. The number of cyclic esters (lactones) is 1. The number of aliphatic hydroxyl groups excluding tert-OH is 1. The smallest absolute Gasteiger partial charge is 0.378 e. The molecule has 1 aliphatic heterocycles. The fourth-order valence-electron chi connectivity index (χ4n) is 3.55. The lowest BCUT2D eigenvalue weighted by molar-refractivity contribution is -0.143. The van der Waals surface area contributed by atoms with Crippen molar-refractivity contribution in [2.45, 2.75) is 109 Å². The molecule has 1 N–H and O–H groups in total. The molecule has 1 atom stereocenters. The predicted molar refractivity (Wildman–Crippen MR) is 120 cm³/mol. The fourth-order valence-corrected chi connectivity index (χ4v) is 3.55. The number of unbranched alkanes of at least 4 members (excludes halogenated alkanes) is 12. The van der Waals surface area contributed by atoms with Gasteiger partial charge in [0, 0.05) is 0 Å². The lowest BCUT2D eigenvalue weighted by atomic mass is 10.0. The van der Waals surface area contributed by atoms with Gasteiger partial charge in [0.05, 0.1) is 0 Å². The van der Waals surface area contributed by atoms with Crippen LogP contribution in [0, 0.1) is 0 Å². The van der Waals surface area contributed by atoms with E-state index in [1.807, 2.05) is 0 Å². The van der Waals surface area contributed by atoms with Crippen molar-refractivity contribution in [2.24, 2.45) is 0 Å². The molecule has 0 bridgehead atoms. The molecule has 0 aromatic heterocycles. The molecular weight excluding hydrogens is 364 g/mol. The topological polar surface area (TPSA) is 55.8 Å². The Morgan fingerprint density at radius 2 is 1.48 bits per heavy atom. The van der Waals surface area contributed by atoms with Crippen LogP contribution in [-0.4, -0.2) is 23.8 Å². The average Bonchev–Trinajstić information content (AvgIpc) is 2.99. The van der Waals surface area contributed by atoms with Crippen molar-refractivity contribution in [1.29, 1.82) is 0 Å². The van der Waals surface area contributed by atoms with Crippen LogP contribution in [0.15, 0.2) is 36.3 Å². The Balaban J connectivity index is 1.94. The van der Waals surface area contributed by atoms with Crippen LogP contribution in [0.25, 0.3) is 0 Å². The van der Waals surface area contributed by atoms with Gasteiger partial charge in [-0.1, -0.05) is 102 Å². The Morgan fingerprint density at radius 1 is 0.931 bits per heavy atom. The summed E-state index contributed by atoms with van der Waals surface area (Å²) in [7, 11) is 0. The molecule has 29 heavy (non-hydrogen) atoms. The van der Waals surface area contributed by atoms with Gasteiger partial charge in [-0.25, -0.2) is 4.79 Å². The largest absolute Gasteiger partial charge is 0.505 e. The third-order valence-electron chi connectivity index (χ3n) is 5.30. The highest BCUT2D eigenvalue weighted by atomic mass is 16.6. The number of carbonyl (C=O) groups is 1. The summed E-state index contributed by atoms with van der Waals surface area (Å²) in [6.07, 6.45) is 24.1. The maximum Gasteiger partial charge on any atom is 0.378 e. The molecule has 0 saturated heterocycles. The molecule has 1 rings (SSSR count). The lowest BCUT2D eigenvalue weighted by Crippen LogP contribution is -2.10. The maximum atomic E-state index is 11.7. The molecule has 0 saturated carbocycles. The van der Waals surface area contributed by atoms with Gasteiger partial charge in [0.15, 0.2) is 11.9 Å². The van der Waals surface area contributed by atoms with E-state index >= 15 is 0 Å². The average molecular weight is 407 g/mol. The van der Waals surface area contributed by atoms with Gasteiger partial charge < -0.3 is 14.6 Å². The van der Waals surface area contributed by atoms with Gasteiger partial charge in [0.2, 0.25) is 5.76 Å². The molecule has 0 fully saturated rings. The first-order valence-corrected chi connectivity index (χ1v) is 11.7. The van der Waals surface area contributed by atoms with E-state index in [-0.39, 0.29) is 18.1 Å². The Bertz CT molecular complexity index is 507. The summed E-state index contributed by atoms with van der Waals surface area (Å²) < 4.78 is 10.3. The highest BCUT2D eigenvalue weighted by Gasteiger charge is 2.35. The second-order valence-corrected chi connectivity index (χ2v) is 7.93. The summed E-state index contributed by atoms with van der Waals surface area (Å²) in [6.45, 7) is 5.97. The van der Waals surface area contributed by atoms with E-state index < -0.39 is 12.1 Å². The van der Waals surface area contributed by atoms with Gasteiger partial charge in [0.1, 0.15) is 6.61 Å². The van der Waals surface area contributed by atoms with Crippen molar-refractivity contribution in [3.8, 4) is 0 Å². The minimum atomic E-state index is -0.588. The number of aliphatic hydroxyl groups is 1. The first-order valence-electron chi connectivity index (χ1n) is 11.7. The summed E-state index contributed by atoms with van der Waals surface area (Å²) in [4.78, 5) is 11.7. The Labute approximate surface area is 178 Å². The SMILES string of the molecule is C=CCOC1=C(O)C(CCC=CCCCCCCCCCCCCCC)OC1=O. The number of rotatable bonds is 19. The van der Waals surface area contributed by atoms with Crippen molar-refractivity contribution < 1.29 is 19.4 Å². The van der Waals surface area contributed by atoms with Crippen LogP contribution >= 0.6 is 0 Å². The van der Waals surface area contributed by atoms with Gasteiger partial charge in [-0.05, 0) is 25.7 Å². The quantitative estimate of drug-likeness (QED) is 0.139. The van der Waals surface area contributed by atoms with Gasteiger partial charge in [-0.2, -0.15) is 0 Å². The van der Waals surface area contributed by atoms with Crippen LogP contribution in [0.5, 0.6) is 0 Å². The highest BCUT2D eigenvalue weighted by molar-refractivity contribution is 5.89. The van der Waals surface area contributed by atoms with Gasteiger partial charge in [0.25, 0.3) is 0 Å². The summed E-state index contributed by atoms with van der Waals surface area (Å²) >= 11 is 0. The number of esters is 1. The Morgan fingerprint density at radius 3 is 2.07 bits per heavy atom. The lowest BCUT2D eigenvalue weighted by Gasteiger charge is -2.07. The first-order chi connectivity index (χ1) is 14.2. The summed E-state index contributed by atoms with van der Waals surface area (Å²) in [5.41, 5.74) is 0. The molecule has 1 unspecified atom stereocenters. The van der Waals surface area contributed by atoms with Crippen molar-refractivity contribution >= 4 is 5.97 Å². The normalized spacial score (nSPS) is 16.6. The molecule has 0 spiro atoms. The molecule has 4 nitrogen and oxygen atoms in total. The van der Waals surface area contributed by atoms with E-state index in [1.54, 1.807) is 0 Å². The van der Waals surface area contributed by atoms with E-state index in [1.165, 1.54) is 83.1 Å². The third-order valence-corrected chi connectivity index (χ3v) is 5.30. The summed E-state index contributed by atoms with van der Waals surface area (Å²) in [5, 5.41) is 10.0. The second kappa shape index (κ2) is 17.2. The first kappa shape index (κ1) is 25.3. The fraction of sp³-hybridized carbons (Fsp3) is 0.720. The van der Waals surface area contributed by atoms with Crippen molar-refractivity contribution in [1.82, 2.24) is 0 Å². The van der Waals surface area contributed by atoms with Gasteiger partial charge >= 0.3 is 5.97 Å². The molecule has 1 aliphatic rings. The Kier molecular flexibility index (Phi) is 15.0. The van der Waals surface area contributed by atoms with E-state index in [0.717, 1.165) is 12.8 Å². The van der Waals surface area contributed by atoms with Crippen LogP contribution in [-0.2, 0) is 14.3 Å². The molecule has 0 aromatic rings. The van der Waals surface area contributed by atoms with Gasteiger partial charge in [-0.15, -0.1) is 0 Å². The van der Waals surface area contributed by atoms with Crippen molar-refractivity contribution in [3.63, 3.8) is 0 Å². The van der Waals surface area contributed by atoms with E-state index in [2.05, 4.69) is 25.7 Å². The third kappa shape index (κ3) is 11.8. The maximum absolute atomic E-state index is 11.7. The van der Waals surface area contributed by atoms with Crippen LogP contribution in [0.3, 0.4) is 0 Å². The molecule has 0 amide bonds. The zero-order chi connectivity index (χ0) is 21.2. The molecule has 0 radical (unpaired) electrons. The van der Waals surface area contributed by atoms with E-state index in [4.69, 9.17) is 9.47 Å². The van der Waals surface area contributed by atoms with E-state index in [9.17, 15) is 9.90 Å². The number of allylic oxidation sites excluding steroid dienone is 2. The molecule has 0 aromatic carbocycles. The van der Waals surface area contributed by atoms with Gasteiger partial charge in [-0.3, -0.25) is 0 Å². The second-order valence-electron chi connectivity index (χ2n) is 7.93. The monoisotopic (exact) mass is 406 g/mol. The molecular formula is C25H42O4. The predicted octanol–water partition coefficient (Wildman–Crippen LogP) is 7.31. The minimum Gasteiger partial charge on any atom is -0.505 e. The zero-order valence-corrected chi connectivity index (χ0v) is 18.5. The van der Waals surface area contributed by atoms with Crippen LogP contribution in [0.2, 0.25) is 0 Å². The number of hydrogen-bond acceptors (Lipinski definition) is 4. The highest BCUT2D eigenvalue weighted by Crippen LogP contribution is 2.25. The molecule has 166 valence electrons. The van der Waals surface area contributed by atoms with Crippen LogP contribution in [0.4, 0.5) is 0 Å². The zero-order valence-electron chi connectivity index (χ0n) is 18.5. The molecule has 1 heterocycles. The number of ether oxygens (including phenoxy) is 2. The standard InChI is InChI=1S/C25H42O4/c1-3-5-6-7-8-9-10-11-12-13-14-15-16-17-18-19-20-22-23(26)24(25(27)29-22)28-21-4-2/h4,17-18,22,26H,2-3,5-16,19-21H2,1H3. The van der Waals surface area contributed by atoms with Crippen LogP contribution in [0.1, 0.15) is 103 Å². The molecule has 0 aliphatic carbocycles. The van der Waals surface area contributed by atoms with Crippen LogP contribution < -0.4 is 0 Å². The Hall–Kier alpha value is -1.71. The van der Waals surface area contributed by atoms with Crippen molar-refractivity contribution in [2.75, 3.05) is 6.61 Å². The van der Waals surface area contributed by atoms with Crippen molar-refractivity contribution in [3.05, 3.63) is 36.3 Å². The van der Waals surface area contributed by atoms with E-state index in [0.29, 0.717) is 6.42 Å². The number of hydrogen-bond donors (Lipinski definition) is 1.